The largest absolute Gasteiger partial charge is 0.507 e. The molecule has 0 aliphatic heterocycles. The summed E-state index contributed by atoms with van der Waals surface area (Å²) < 4.78 is 23.8. The van der Waals surface area contributed by atoms with Gasteiger partial charge in [0.15, 0.2) is 11.5 Å². The SMILES string of the molecule is COc1cc(C=NNC(=O)c2cc(Cl)ccc2O)ccc1OC(=O)c1cccc(F)c1. The number of aromatic hydroxyl groups is 1. The topological polar surface area (TPSA) is 97.2 Å². The van der Waals surface area contributed by atoms with E-state index < -0.39 is 17.7 Å². The molecule has 0 unspecified atom stereocenters. The summed E-state index contributed by atoms with van der Waals surface area (Å²) in [5.74, 6) is -1.82. The fourth-order valence-electron chi connectivity index (χ4n) is 2.54. The summed E-state index contributed by atoms with van der Waals surface area (Å²) >= 11 is 5.82. The number of amides is 1. The van der Waals surface area contributed by atoms with Crippen LogP contribution in [0.4, 0.5) is 4.39 Å². The molecule has 0 bridgehead atoms. The Bertz CT molecular complexity index is 1170. The van der Waals surface area contributed by atoms with Gasteiger partial charge in [0.05, 0.1) is 24.5 Å². The Labute approximate surface area is 181 Å². The second-order valence-corrected chi connectivity index (χ2v) is 6.61. The van der Waals surface area contributed by atoms with Crippen molar-refractivity contribution in [2.75, 3.05) is 7.11 Å². The van der Waals surface area contributed by atoms with Crippen LogP contribution < -0.4 is 14.9 Å². The summed E-state index contributed by atoms with van der Waals surface area (Å²) in [4.78, 5) is 24.3. The molecule has 0 aliphatic rings. The molecule has 158 valence electrons. The summed E-state index contributed by atoms with van der Waals surface area (Å²) in [6.45, 7) is 0. The number of phenols is 1. The molecule has 3 aromatic carbocycles. The molecule has 2 N–H and O–H groups in total. The van der Waals surface area contributed by atoms with Gasteiger partial charge in [0.25, 0.3) is 5.91 Å². The molecule has 0 radical (unpaired) electrons. The highest BCUT2D eigenvalue weighted by Crippen LogP contribution is 2.28. The van der Waals surface area contributed by atoms with E-state index in [4.69, 9.17) is 21.1 Å². The predicted molar refractivity (Wildman–Crippen MR) is 113 cm³/mol. The van der Waals surface area contributed by atoms with Crippen LogP contribution in [0.15, 0.2) is 65.8 Å². The minimum atomic E-state index is -0.743. The first kappa shape index (κ1) is 21.8. The highest BCUT2D eigenvalue weighted by molar-refractivity contribution is 6.31. The van der Waals surface area contributed by atoms with Crippen molar-refractivity contribution >= 4 is 29.7 Å². The minimum Gasteiger partial charge on any atom is -0.507 e. The maximum atomic E-state index is 13.3. The summed E-state index contributed by atoms with van der Waals surface area (Å²) in [5.41, 5.74) is 2.83. The minimum absolute atomic E-state index is 0.0261. The third kappa shape index (κ3) is 5.58. The number of rotatable bonds is 6. The number of nitrogens with one attached hydrogen (secondary N) is 1. The number of halogens is 2. The van der Waals surface area contributed by atoms with Crippen LogP contribution in [-0.4, -0.2) is 30.3 Å². The average Bonchev–Trinajstić information content (AvgIpc) is 2.76. The molecule has 7 nitrogen and oxygen atoms in total. The highest BCUT2D eigenvalue weighted by atomic mass is 35.5. The molecule has 9 heteroatoms. The van der Waals surface area contributed by atoms with Crippen LogP contribution in [0.5, 0.6) is 17.2 Å². The molecule has 0 fully saturated rings. The lowest BCUT2D eigenvalue weighted by atomic mass is 10.2. The van der Waals surface area contributed by atoms with Gasteiger partial charge in [-0.1, -0.05) is 17.7 Å². The number of hydrogen-bond donors (Lipinski definition) is 2. The lowest BCUT2D eigenvalue weighted by Gasteiger charge is -2.10. The molecule has 3 aromatic rings. The zero-order valence-corrected chi connectivity index (χ0v) is 16.9. The van der Waals surface area contributed by atoms with Gasteiger partial charge in [-0.2, -0.15) is 5.10 Å². The van der Waals surface area contributed by atoms with E-state index in [0.717, 1.165) is 6.07 Å². The number of esters is 1. The highest BCUT2D eigenvalue weighted by Gasteiger charge is 2.14. The summed E-state index contributed by atoms with van der Waals surface area (Å²) in [5, 5.41) is 13.9. The standard InChI is InChI=1S/C22H16ClFN2O5/c1-30-20-9-13(12-25-26-21(28)17-11-15(23)6-7-18(17)27)5-8-19(20)31-22(29)14-3-2-4-16(24)10-14/h2-12,27H,1H3,(H,26,28). The van der Waals surface area contributed by atoms with Gasteiger partial charge in [0.1, 0.15) is 11.6 Å². The number of carbonyl (C=O) groups excluding carboxylic acids is 2. The maximum Gasteiger partial charge on any atom is 0.343 e. The summed E-state index contributed by atoms with van der Waals surface area (Å²) in [6, 6.07) is 13.8. The second kappa shape index (κ2) is 9.73. The number of phenolic OH excluding ortho intramolecular Hbond substituents is 1. The van der Waals surface area contributed by atoms with Crippen LogP contribution in [0.25, 0.3) is 0 Å². The van der Waals surface area contributed by atoms with Gasteiger partial charge in [-0.15, -0.1) is 0 Å². The second-order valence-electron chi connectivity index (χ2n) is 6.17. The molecule has 0 heterocycles. The number of hydrazone groups is 1. The third-order valence-corrected chi connectivity index (χ3v) is 4.27. The Kier molecular flexibility index (Phi) is 6.84. The van der Waals surface area contributed by atoms with Crippen LogP contribution in [0.3, 0.4) is 0 Å². The van der Waals surface area contributed by atoms with Crippen molar-refractivity contribution in [3.05, 3.63) is 88.2 Å². The van der Waals surface area contributed by atoms with Crippen LogP contribution in [0, 0.1) is 5.82 Å². The molecule has 0 spiro atoms. The first-order valence-corrected chi connectivity index (χ1v) is 9.23. The van der Waals surface area contributed by atoms with Crippen molar-refractivity contribution in [2.45, 2.75) is 0 Å². The van der Waals surface area contributed by atoms with Crippen LogP contribution in [-0.2, 0) is 0 Å². The molecule has 0 atom stereocenters. The van der Waals surface area contributed by atoms with E-state index in [1.54, 1.807) is 6.07 Å². The smallest absolute Gasteiger partial charge is 0.343 e. The van der Waals surface area contributed by atoms with Gasteiger partial charge >= 0.3 is 5.97 Å². The number of hydrogen-bond acceptors (Lipinski definition) is 6. The molecule has 0 aliphatic carbocycles. The zero-order chi connectivity index (χ0) is 22.4. The van der Waals surface area contributed by atoms with Crippen LogP contribution in [0.1, 0.15) is 26.3 Å². The maximum absolute atomic E-state index is 13.3. The molecular formula is C22H16ClFN2O5. The number of ether oxygens (including phenoxy) is 2. The van der Waals surface area contributed by atoms with Crippen LogP contribution >= 0.6 is 11.6 Å². The first-order chi connectivity index (χ1) is 14.9. The number of carbonyl (C=O) groups is 2. The first-order valence-electron chi connectivity index (χ1n) is 8.85. The average molecular weight is 443 g/mol. The van der Waals surface area contributed by atoms with E-state index in [1.165, 1.54) is 61.9 Å². The van der Waals surface area contributed by atoms with E-state index in [0.29, 0.717) is 10.6 Å². The molecule has 3 rings (SSSR count). The summed E-state index contributed by atoms with van der Waals surface area (Å²) in [6.07, 6.45) is 1.33. The van der Waals surface area contributed by atoms with Gasteiger partial charge in [0.2, 0.25) is 0 Å². The zero-order valence-electron chi connectivity index (χ0n) is 16.1. The monoisotopic (exact) mass is 442 g/mol. The van der Waals surface area contributed by atoms with Crippen molar-refractivity contribution in [2.24, 2.45) is 5.10 Å². The van der Waals surface area contributed by atoms with Crippen molar-refractivity contribution in [1.29, 1.82) is 0 Å². The molecule has 1 amide bonds. The van der Waals surface area contributed by atoms with Gasteiger partial charge in [-0.3, -0.25) is 4.79 Å². The molecule has 0 saturated heterocycles. The fourth-order valence-corrected chi connectivity index (χ4v) is 2.71. The fraction of sp³-hybridized carbons (Fsp3) is 0.0455. The van der Waals surface area contributed by atoms with E-state index in [9.17, 15) is 19.1 Å². The predicted octanol–water partition coefficient (Wildman–Crippen LogP) is 4.18. The quantitative estimate of drug-likeness (QED) is 0.258. The lowest BCUT2D eigenvalue weighted by molar-refractivity contribution is 0.0729. The van der Waals surface area contributed by atoms with Crippen molar-refractivity contribution in [3.8, 4) is 17.2 Å². The molecule has 0 saturated carbocycles. The van der Waals surface area contributed by atoms with Crippen molar-refractivity contribution in [3.63, 3.8) is 0 Å². The molecule has 0 aromatic heterocycles. The van der Waals surface area contributed by atoms with Gasteiger partial charge < -0.3 is 14.6 Å². The Morgan fingerprint density at radius 1 is 1.10 bits per heavy atom. The Morgan fingerprint density at radius 3 is 2.65 bits per heavy atom. The van der Waals surface area contributed by atoms with E-state index in [2.05, 4.69) is 10.5 Å². The van der Waals surface area contributed by atoms with Gasteiger partial charge in [-0.25, -0.2) is 14.6 Å². The Morgan fingerprint density at radius 2 is 1.90 bits per heavy atom. The number of benzene rings is 3. The van der Waals surface area contributed by atoms with Gasteiger partial charge in [0, 0.05) is 5.02 Å². The number of nitrogens with zero attached hydrogens (tertiary/aromatic N) is 1. The number of methoxy groups -OCH3 is 1. The summed E-state index contributed by atoms with van der Waals surface area (Å²) in [7, 11) is 1.39. The van der Waals surface area contributed by atoms with E-state index in [-0.39, 0.29) is 28.4 Å². The van der Waals surface area contributed by atoms with Crippen molar-refractivity contribution < 1.29 is 28.6 Å². The Balaban J connectivity index is 1.70. The van der Waals surface area contributed by atoms with Crippen LogP contribution in [0.2, 0.25) is 5.02 Å². The third-order valence-electron chi connectivity index (χ3n) is 4.03. The normalized spacial score (nSPS) is 10.7. The molecular weight excluding hydrogens is 427 g/mol. The van der Waals surface area contributed by atoms with E-state index in [1.807, 2.05) is 0 Å². The Hall–Kier alpha value is -3.91. The van der Waals surface area contributed by atoms with Crippen molar-refractivity contribution in [1.82, 2.24) is 5.43 Å². The van der Waals surface area contributed by atoms with Gasteiger partial charge in [-0.05, 0) is 60.2 Å². The molecule has 31 heavy (non-hydrogen) atoms. The lowest BCUT2D eigenvalue weighted by Crippen LogP contribution is -2.17. The van der Waals surface area contributed by atoms with E-state index >= 15 is 0 Å².